The number of benzene rings is 2. The number of hydrogen-bond donors (Lipinski definition) is 2. The zero-order valence-corrected chi connectivity index (χ0v) is 11.9. The average molecular weight is 303 g/mol. The van der Waals surface area contributed by atoms with Gasteiger partial charge in [-0.05, 0) is 48.5 Å². The predicted octanol–water partition coefficient (Wildman–Crippen LogP) is 4.68. The van der Waals surface area contributed by atoms with Gasteiger partial charge in [-0.2, -0.15) is 0 Å². The fourth-order valence-electron chi connectivity index (χ4n) is 1.69. The molecule has 0 unspecified atom stereocenters. The Balaban J connectivity index is 1.68. The number of nitrogens with one attached hydrogen (secondary N) is 2. The minimum atomic E-state index is 0.729. The zero-order chi connectivity index (χ0) is 13.8. The molecule has 2 N–H and O–H groups in total. The summed E-state index contributed by atoms with van der Waals surface area (Å²) in [4.78, 5) is 0. The van der Waals surface area contributed by atoms with Crippen LogP contribution < -0.4 is 10.6 Å². The zero-order valence-electron chi connectivity index (χ0n) is 10.4. The van der Waals surface area contributed by atoms with Gasteiger partial charge in [0.25, 0.3) is 0 Å². The summed E-state index contributed by atoms with van der Waals surface area (Å²) in [6, 6.07) is 15.6. The molecule has 0 fully saturated rings. The fourth-order valence-corrected chi connectivity index (χ4v) is 2.28. The van der Waals surface area contributed by atoms with Gasteiger partial charge in [-0.1, -0.05) is 22.9 Å². The summed E-state index contributed by atoms with van der Waals surface area (Å²) in [6.07, 6.45) is 0. The fraction of sp³-hybridized carbons (Fsp3) is 0. The second kappa shape index (κ2) is 5.90. The number of halogens is 1. The highest BCUT2D eigenvalue weighted by atomic mass is 35.5. The van der Waals surface area contributed by atoms with E-state index in [0.717, 1.165) is 27.2 Å². The highest BCUT2D eigenvalue weighted by molar-refractivity contribution is 7.13. The third-order valence-electron chi connectivity index (χ3n) is 2.63. The Labute approximate surface area is 125 Å². The van der Waals surface area contributed by atoms with Crippen molar-refractivity contribution in [3.8, 4) is 0 Å². The number of hydrogen-bond acceptors (Lipinski definition) is 5. The van der Waals surface area contributed by atoms with Crippen molar-refractivity contribution in [1.29, 1.82) is 0 Å². The van der Waals surface area contributed by atoms with E-state index in [1.807, 2.05) is 48.5 Å². The molecule has 0 saturated carbocycles. The first kappa shape index (κ1) is 12.9. The van der Waals surface area contributed by atoms with Crippen LogP contribution in [0.15, 0.2) is 54.0 Å². The van der Waals surface area contributed by atoms with Crippen molar-refractivity contribution in [1.82, 2.24) is 10.2 Å². The Morgan fingerprint density at radius 1 is 0.800 bits per heavy atom. The van der Waals surface area contributed by atoms with Gasteiger partial charge in [-0.25, -0.2) is 0 Å². The van der Waals surface area contributed by atoms with Crippen molar-refractivity contribution >= 4 is 45.1 Å². The molecule has 0 amide bonds. The summed E-state index contributed by atoms with van der Waals surface area (Å²) in [5.41, 5.74) is 4.68. The lowest BCUT2D eigenvalue weighted by molar-refractivity contribution is 1.09. The standard InChI is InChI=1S/C14H11ClN4S/c15-10-1-3-11(4-2-10)17-12-5-7-13(8-6-12)18-14-19-16-9-20-14/h1-9,17H,(H,18,19). The maximum absolute atomic E-state index is 5.86. The molecule has 0 radical (unpaired) electrons. The summed E-state index contributed by atoms with van der Waals surface area (Å²) < 4.78 is 0. The minimum absolute atomic E-state index is 0.729. The molecule has 0 bridgehead atoms. The van der Waals surface area contributed by atoms with Crippen LogP contribution in [-0.2, 0) is 0 Å². The van der Waals surface area contributed by atoms with Gasteiger partial charge in [0.05, 0.1) is 0 Å². The van der Waals surface area contributed by atoms with Crippen molar-refractivity contribution in [2.24, 2.45) is 0 Å². The van der Waals surface area contributed by atoms with Gasteiger partial charge >= 0.3 is 0 Å². The molecule has 0 atom stereocenters. The van der Waals surface area contributed by atoms with Crippen molar-refractivity contribution in [3.63, 3.8) is 0 Å². The largest absolute Gasteiger partial charge is 0.356 e. The molecule has 0 aliphatic carbocycles. The average Bonchev–Trinajstić information content (AvgIpc) is 2.96. The van der Waals surface area contributed by atoms with E-state index in [9.17, 15) is 0 Å². The Bertz CT molecular complexity index is 665. The van der Waals surface area contributed by atoms with Crippen LogP contribution in [0.25, 0.3) is 0 Å². The summed E-state index contributed by atoms with van der Waals surface area (Å²) in [7, 11) is 0. The molecule has 3 aromatic rings. The number of nitrogens with zero attached hydrogens (tertiary/aromatic N) is 2. The first-order valence-corrected chi connectivity index (χ1v) is 7.21. The van der Waals surface area contributed by atoms with Gasteiger partial charge in [-0.15, -0.1) is 10.2 Å². The van der Waals surface area contributed by atoms with E-state index >= 15 is 0 Å². The third kappa shape index (κ3) is 3.26. The second-order valence-electron chi connectivity index (χ2n) is 4.08. The van der Waals surface area contributed by atoms with Gasteiger partial charge in [0.2, 0.25) is 5.13 Å². The first-order valence-electron chi connectivity index (χ1n) is 5.95. The maximum atomic E-state index is 5.86. The lowest BCUT2D eigenvalue weighted by atomic mass is 10.2. The summed E-state index contributed by atoms with van der Waals surface area (Å²) >= 11 is 7.32. The number of aromatic nitrogens is 2. The second-order valence-corrected chi connectivity index (χ2v) is 5.35. The van der Waals surface area contributed by atoms with E-state index in [2.05, 4.69) is 20.8 Å². The molecule has 6 heteroatoms. The molecule has 100 valence electrons. The predicted molar refractivity (Wildman–Crippen MR) is 84.4 cm³/mol. The molecule has 2 aromatic carbocycles. The SMILES string of the molecule is Clc1ccc(Nc2ccc(Nc3nncs3)cc2)cc1. The lowest BCUT2D eigenvalue weighted by Gasteiger charge is -2.08. The number of rotatable bonds is 4. The van der Waals surface area contributed by atoms with E-state index in [0.29, 0.717) is 0 Å². The lowest BCUT2D eigenvalue weighted by Crippen LogP contribution is -1.92. The van der Waals surface area contributed by atoms with Crippen LogP contribution in [0, 0.1) is 0 Å². The molecule has 0 aliphatic heterocycles. The van der Waals surface area contributed by atoms with Gasteiger partial charge in [0.1, 0.15) is 5.51 Å². The maximum Gasteiger partial charge on any atom is 0.209 e. The Morgan fingerprint density at radius 3 is 1.90 bits per heavy atom. The van der Waals surface area contributed by atoms with Crippen LogP contribution in [0.4, 0.5) is 22.2 Å². The highest BCUT2D eigenvalue weighted by Gasteiger charge is 1.99. The van der Waals surface area contributed by atoms with Gasteiger partial charge in [0.15, 0.2) is 0 Å². The molecular weight excluding hydrogens is 292 g/mol. The normalized spacial score (nSPS) is 10.2. The van der Waals surface area contributed by atoms with Crippen molar-refractivity contribution in [3.05, 3.63) is 59.1 Å². The first-order chi connectivity index (χ1) is 9.79. The van der Waals surface area contributed by atoms with Gasteiger partial charge in [0, 0.05) is 22.1 Å². The molecule has 3 rings (SSSR count). The van der Waals surface area contributed by atoms with E-state index in [1.165, 1.54) is 11.3 Å². The minimum Gasteiger partial charge on any atom is -0.356 e. The van der Waals surface area contributed by atoms with Crippen LogP contribution in [-0.4, -0.2) is 10.2 Å². The topological polar surface area (TPSA) is 49.8 Å². The van der Waals surface area contributed by atoms with Crippen LogP contribution in [0.5, 0.6) is 0 Å². The molecular formula is C14H11ClN4S. The van der Waals surface area contributed by atoms with Crippen LogP contribution in [0.1, 0.15) is 0 Å². The Hall–Kier alpha value is -2.11. The van der Waals surface area contributed by atoms with E-state index in [1.54, 1.807) is 5.51 Å². The molecule has 0 spiro atoms. The van der Waals surface area contributed by atoms with E-state index < -0.39 is 0 Å². The van der Waals surface area contributed by atoms with E-state index in [-0.39, 0.29) is 0 Å². The molecule has 1 aromatic heterocycles. The monoisotopic (exact) mass is 302 g/mol. The summed E-state index contributed by atoms with van der Waals surface area (Å²) in [6.45, 7) is 0. The summed E-state index contributed by atoms with van der Waals surface area (Å²) in [5.74, 6) is 0. The van der Waals surface area contributed by atoms with Crippen LogP contribution >= 0.6 is 22.9 Å². The smallest absolute Gasteiger partial charge is 0.209 e. The van der Waals surface area contributed by atoms with Gasteiger partial charge in [-0.3, -0.25) is 0 Å². The summed E-state index contributed by atoms with van der Waals surface area (Å²) in [5, 5.41) is 15.7. The number of anilines is 4. The van der Waals surface area contributed by atoms with Crippen molar-refractivity contribution in [2.75, 3.05) is 10.6 Å². The Morgan fingerprint density at radius 2 is 1.35 bits per heavy atom. The van der Waals surface area contributed by atoms with Crippen molar-refractivity contribution in [2.45, 2.75) is 0 Å². The molecule has 0 saturated heterocycles. The van der Waals surface area contributed by atoms with Crippen molar-refractivity contribution < 1.29 is 0 Å². The van der Waals surface area contributed by atoms with E-state index in [4.69, 9.17) is 11.6 Å². The Kier molecular flexibility index (Phi) is 3.80. The highest BCUT2D eigenvalue weighted by Crippen LogP contribution is 2.22. The molecule has 0 aliphatic rings. The quantitative estimate of drug-likeness (QED) is 0.735. The van der Waals surface area contributed by atoms with Gasteiger partial charge < -0.3 is 10.6 Å². The molecule has 20 heavy (non-hydrogen) atoms. The molecule has 4 nitrogen and oxygen atoms in total. The molecule has 1 heterocycles. The van der Waals surface area contributed by atoms with Crippen LogP contribution in [0.2, 0.25) is 5.02 Å². The third-order valence-corrected chi connectivity index (χ3v) is 3.49. The van der Waals surface area contributed by atoms with Crippen LogP contribution in [0.3, 0.4) is 0 Å².